The first-order valence-corrected chi connectivity index (χ1v) is 6.57. The lowest BCUT2D eigenvalue weighted by Crippen LogP contribution is -1.98. The minimum Gasteiger partial charge on any atom is -0.326 e. The molecule has 0 radical (unpaired) electrons. The third kappa shape index (κ3) is 1.66. The monoisotopic (exact) mass is 253 g/mol. The van der Waals surface area contributed by atoms with Crippen molar-refractivity contribution in [1.82, 2.24) is 19.7 Å². The van der Waals surface area contributed by atoms with Gasteiger partial charge in [0.1, 0.15) is 5.69 Å². The van der Waals surface area contributed by atoms with Gasteiger partial charge in [-0.05, 0) is 36.6 Å². The van der Waals surface area contributed by atoms with Crippen LogP contribution in [0.15, 0.2) is 30.5 Å². The normalized spacial score (nSPS) is 15.2. The second-order valence-corrected chi connectivity index (χ2v) is 5.03. The number of nitrogens with two attached hydrogens (primary N) is 1. The molecule has 4 rings (SSSR count). The predicted octanol–water partition coefficient (Wildman–Crippen LogP) is 2.22. The zero-order chi connectivity index (χ0) is 12.8. The van der Waals surface area contributed by atoms with Gasteiger partial charge in [0.25, 0.3) is 0 Å². The largest absolute Gasteiger partial charge is 0.326 e. The first-order chi connectivity index (χ1) is 9.36. The van der Waals surface area contributed by atoms with Crippen LogP contribution in [0.2, 0.25) is 0 Å². The molecule has 0 atom stereocenters. The van der Waals surface area contributed by atoms with E-state index in [1.165, 1.54) is 18.4 Å². The summed E-state index contributed by atoms with van der Waals surface area (Å²) in [6, 6.07) is 8.83. The molecule has 2 heterocycles. The minimum atomic E-state index is 0.547. The molecule has 1 aliphatic carbocycles. The van der Waals surface area contributed by atoms with E-state index in [1.54, 1.807) is 6.20 Å². The fraction of sp³-hybridized carbons (Fsp3) is 0.286. The van der Waals surface area contributed by atoms with Crippen molar-refractivity contribution in [2.24, 2.45) is 5.73 Å². The molecule has 3 N–H and O–H groups in total. The highest BCUT2D eigenvalue weighted by Gasteiger charge is 2.29. The highest BCUT2D eigenvalue weighted by atomic mass is 15.2. The standard InChI is InChI=1S/C14H15N5/c15-8-9-1-4-13-12(7-9)17-14(11-5-6-16-18-11)19(13)10-2-3-10/h1,4-7,10H,2-3,8,15H2,(H,16,18). The van der Waals surface area contributed by atoms with Gasteiger partial charge in [-0.1, -0.05) is 6.07 Å². The Kier molecular flexibility index (Phi) is 2.22. The average molecular weight is 253 g/mol. The van der Waals surface area contributed by atoms with Crippen LogP contribution in [0, 0.1) is 0 Å². The lowest BCUT2D eigenvalue weighted by molar-refractivity contribution is 0.771. The van der Waals surface area contributed by atoms with E-state index in [-0.39, 0.29) is 0 Å². The first-order valence-electron chi connectivity index (χ1n) is 6.57. The number of rotatable bonds is 3. The molecule has 3 aromatic rings. The molecule has 96 valence electrons. The number of H-pyrrole nitrogens is 1. The van der Waals surface area contributed by atoms with Crippen LogP contribution < -0.4 is 5.73 Å². The molecule has 0 spiro atoms. The maximum atomic E-state index is 5.70. The van der Waals surface area contributed by atoms with Gasteiger partial charge < -0.3 is 10.3 Å². The van der Waals surface area contributed by atoms with E-state index in [0.29, 0.717) is 12.6 Å². The number of imidazole rings is 1. The highest BCUT2D eigenvalue weighted by molar-refractivity contribution is 5.81. The number of fused-ring (bicyclic) bond motifs is 1. The van der Waals surface area contributed by atoms with Gasteiger partial charge in [-0.2, -0.15) is 5.10 Å². The number of aromatic nitrogens is 4. The van der Waals surface area contributed by atoms with Gasteiger partial charge in [-0.3, -0.25) is 5.10 Å². The van der Waals surface area contributed by atoms with E-state index >= 15 is 0 Å². The molecule has 5 nitrogen and oxygen atoms in total. The van der Waals surface area contributed by atoms with Crippen LogP contribution in [-0.4, -0.2) is 19.7 Å². The maximum absolute atomic E-state index is 5.70. The van der Waals surface area contributed by atoms with Gasteiger partial charge in [0, 0.05) is 18.8 Å². The van der Waals surface area contributed by atoms with Crippen LogP contribution in [0.1, 0.15) is 24.4 Å². The number of hydrogen-bond donors (Lipinski definition) is 2. The number of benzene rings is 1. The number of aromatic amines is 1. The van der Waals surface area contributed by atoms with Gasteiger partial charge in [0.2, 0.25) is 0 Å². The summed E-state index contributed by atoms with van der Waals surface area (Å²) in [6.07, 6.45) is 4.22. The third-order valence-electron chi connectivity index (χ3n) is 3.64. The summed E-state index contributed by atoms with van der Waals surface area (Å²) in [5.74, 6) is 0.976. The van der Waals surface area contributed by atoms with Crippen LogP contribution in [0.3, 0.4) is 0 Å². The summed E-state index contributed by atoms with van der Waals surface area (Å²) in [4.78, 5) is 4.76. The first kappa shape index (κ1) is 10.8. The summed E-state index contributed by atoms with van der Waals surface area (Å²) in [5, 5.41) is 7.03. The zero-order valence-electron chi connectivity index (χ0n) is 10.5. The molecular weight excluding hydrogens is 238 g/mol. The summed E-state index contributed by atoms with van der Waals surface area (Å²) in [6.45, 7) is 0.547. The van der Waals surface area contributed by atoms with E-state index in [0.717, 1.165) is 22.6 Å². The second-order valence-electron chi connectivity index (χ2n) is 5.03. The molecule has 1 fully saturated rings. The Morgan fingerprint density at radius 3 is 2.89 bits per heavy atom. The predicted molar refractivity (Wildman–Crippen MR) is 73.5 cm³/mol. The van der Waals surface area contributed by atoms with Crippen molar-refractivity contribution >= 4 is 11.0 Å². The smallest absolute Gasteiger partial charge is 0.159 e. The fourth-order valence-electron chi connectivity index (χ4n) is 2.54. The van der Waals surface area contributed by atoms with Crippen LogP contribution >= 0.6 is 0 Å². The minimum absolute atomic E-state index is 0.547. The van der Waals surface area contributed by atoms with E-state index < -0.39 is 0 Å². The molecule has 1 saturated carbocycles. The van der Waals surface area contributed by atoms with Crippen molar-refractivity contribution in [1.29, 1.82) is 0 Å². The van der Waals surface area contributed by atoms with E-state index in [1.807, 2.05) is 6.07 Å². The van der Waals surface area contributed by atoms with E-state index in [4.69, 9.17) is 10.7 Å². The highest BCUT2D eigenvalue weighted by Crippen LogP contribution is 2.40. The van der Waals surface area contributed by atoms with Gasteiger partial charge in [0.15, 0.2) is 5.82 Å². The van der Waals surface area contributed by atoms with Crippen molar-refractivity contribution in [2.75, 3.05) is 0 Å². The summed E-state index contributed by atoms with van der Waals surface area (Å²) in [7, 11) is 0. The Balaban J connectivity index is 1.98. The molecule has 19 heavy (non-hydrogen) atoms. The van der Waals surface area contributed by atoms with E-state index in [9.17, 15) is 0 Å². The Morgan fingerprint density at radius 2 is 2.21 bits per heavy atom. The third-order valence-corrected chi connectivity index (χ3v) is 3.64. The van der Waals surface area contributed by atoms with Gasteiger partial charge in [-0.25, -0.2) is 4.98 Å². The quantitative estimate of drug-likeness (QED) is 0.751. The van der Waals surface area contributed by atoms with Crippen molar-refractivity contribution in [3.63, 3.8) is 0 Å². The SMILES string of the molecule is NCc1ccc2c(c1)nc(-c1ccn[nH]1)n2C1CC1. The molecule has 0 bridgehead atoms. The number of nitrogens with one attached hydrogen (secondary N) is 1. The molecule has 5 heteroatoms. The van der Waals surface area contributed by atoms with Crippen LogP contribution in [0.5, 0.6) is 0 Å². The van der Waals surface area contributed by atoms with Crippen molar-refractivity contribution in [3.8, 4) is 11.5 Å². The van der Waals surface area contributed by atoms with E-state index in [2.05, 4.69) is 33.0 Å². The number of hydrogen-bond acceptors (Lipinski definition) is 3. The molecular formula is C14H15N5. The lowest BCUT2D eigenvalue weighted by Gasteiger charge is -2.05. The fourth-order valence-corrected chi connectivity index (χ4v) is 2.54. The van der Waals surface area contributed by atoms with Crippen molar-refractivity contribution < 1.29 is 0 Å². The second kappa shape index (κ2) is 3.93. The summed E-state index contributed by atoms with van der Waals surface area (Å²) >= 11 is 0. The molecule has 1 aliphatic rings. The summed E-state index contributed by atoms with van der Waals surface area (Å²) < 4.78 is 2.32. The molecule has 0 amide bonds. The molecule has 1 aromatic carbocycles. The average Bonchev–Trinajstić information content (AvgIpc) is 3.01. The van der Waals surface area contributed by atoms with Crippen molar-refractivity contribution in [2.45, 2.75) is 25.4 Å². The lowest BCUT2D eigenvalue weighted by atomic mass is 10.2. The van der Waals surface area contributed by atoms with Gasteiger partial charge in [0.05, 0.1) is 11.0 Å². The topological polar surface area (TPSA) is 72.5 Å². The molecule has 0 aliphatic heterocycles. The Morgan fingerprint density at radius 1 is 1.32 bits per heavy atom. The molecule has 0 unspecified atom stereocenters. The number of nitrogens with zero attached hydrogens (tertiary/aromatic N) is 3. The Hall–Kier alpha value is -2.14. The molecule has 0 saturated heterocycles. The van der Waals surface area contributed by atoms with Gasteiger partial charge >= 0.3 is 0 Å². The Bertz CT molecular complexity index is 722. The Labute approximate surface area is 110 Å². The van der Waals surface area contributed by atoms with Crippen molar-refractivity contribution in [3.05, 3.63) is 36.0 Å². The van der Waals surface area contributed by atoms with Crippen LogP contribution in [-0.2, 0) is 6.54 Å². The molecule has 2 aromatic heterocycles. The summed E-state index contributed by atoms with van der Waals surface area (Å²) in [5.41, 5.74) is 9.98. The van der Waals surface area contributed by atoms with Crippen LogP contribution in [0.25, 0.3) is 22.6 Å². The van der Waals surface area contributed by atoms with Gasteiger partial charge in [-0.15, -0.1) is 0 Å². The maximum Gasteiger partial charge on any atom is 0.159 e. The zero-order valence-corrected chi connectivity index (χ0v) is 10.5. The van der Waals surface area contributed by atoms with Crippen LogP contribution in [0.4, 0.5) is 0 Å².